The third kappa shape index (κ3) is 2.58. The SMILES string of the molecule is CN1CC[C@]23c4c5ccc(O)c4O[C@H]2[C@@H](O)C=C[C@H]3[C@H]1C5.O=C1CC(=O)NC(=O)N1. The smallest absolute Gasteiger partial charge is 0.328 e. The number of urea groups is 1. The number of likely N-dealkylation sites (tertiary alicyclic amines) is 1. The first-order valence-corrected chi connectivity index (χ1v) is 10.0. The van der Waals surface area contributed by atoms with E-state index in [1.807, 2.05) is 22.8 Å². The lowest BCUT2D eigenvalue weighted by molar-refractivity contribution is -0.129. The van der Waals surface area contributed by atoms with Crippen molar-refractivity contribution in [2.45, 2.75) is 42.9 Å². The maximum absolute atomic E-state index is 10.4. The molecule has 5 aliphatic rings. The quantitative estimate of drug-likeness (QED) is 0.347. The van der Waals surface area contributed by atoms with Crippen molar-refractivity contribution in [3.63, 3.8) is 0 Å². The highest BCUT2D eigenvalue weighted by molar-refractivity contribution is 6.14. The van der Waals surface area contributed by atoms with E-state index in [-0.39, 0.29) is 23.7 Å². The average Bonchev–Trinajstić information content (AvgIpc) is 3.03. The predicted molar refractivity (Wildman–Crippen MR) is 104 cm³/mol. The first-order valence-electron chi connectivity index (χ1n) is 10.0. The number of hydrogen-bond acceptors (Lipinski definition) is 7. The number of phenolic OH excluding ortho intramolecular Hbond substituents is 1. The second-order valence-electron chi connectivity index (χ2n) is 8.53. The van der Waals surface area contributed by atoms with Crippen molar-refractivity contribution in [2.24, 2.45) is 5.92 Å². The molecule has 0 radical (unpaired) electrons. The molecule has 2 saturated heterocycles. The molecule has 9 heteroatoms. The lowest BCUT2D eigenvalue weighted by Gasteiger charge is -2.56. The number of carbonyl (C=O) groups excluding carboxylic acids is 3. The van der Waals surface area contributed by atoms with Crippen molar-refractivity contribution in [3.05, 3.63) is 35.4 Å². The van der Waals surface area contributed by atoms with Crippen molar-refractivity contribution >= 4 is 17.8 Å². The molecule has 30 heavy (non-hydrogen) atoms. The largest absolute Gasteiger partial charge is 0.504 e. The molecular formula is C21H23N3O6. The Balaban J connectivity index is 0.000000182. The minimum atomic E-state index is -0.740. The average molecular weight is 413 g/mol. The monoisotopic (exact) mass is 413 g/mol. The fourth-order valence-corrected chi connectivity index (χ4v) is 5.76. The minimum absolute atomic E-state index is 0.160. The van der Waals surface area contributed by atoms with Crippen molar-refractivity contribution in [3.8, 4) is 11.5 Å². The van der Waals surface area contributed by atoms with Gasteiger partial charge >= 0.3 is 6.03 Å². The van der Waals surface area contributed by atoms with Crippen molar-refractivity contribution < 1.29 is 29.3 Å². The summed E-state index contributed by atoms with van der Waals surface area (Å²) in [5, 5.41) is 24.4. The summed E-state index contributed by atoms with van der Waals surface area (Å²) in [5.41, 5.74) is 2.29. The van der Waals surface area contributed by atoms with Gasteiger partial charge in [-0.2, -0.15) is 0 Å². The highest BCUT2D eigenvalue weighted by atomic mass is 16.5. The van der Waals surface area contributed by atoms with Gasteiger partial charge in [0, 0.05) is 22.9 Å². The van der Waals surface area contributed by atoms with Crippen LogP contribution < -0.4 is 15.4 Å². The number of imide groups is 2. The van der Waals surface area contributed by atoms with Gasteiger partial charge < -0.3 is 19.8 Å². The highest BCUT2D eigenvalue weighted by Gasteiger charge is 2.64. The lowest BCUT2D eigenvalue weighted by Crippen LogP contribution is -2.64. The number of piperidine rings is 1. The molecule has 0 unspecified atom stereocenters. The topological polar surface area (TPSA) is 128 Å². The molecule has 1 aromatic rings. The van der Waals surface area contributed by atoms with Crippen LogP contribution in [0, 0.1) is 5.92 Å². The number of carbonyl (C=O) groups is 3. The first-order chi connectivity index (χ1) is 14.3. The molecule has 4 N–H and O–H groups in total. The third-order valence-corrected chi connectivity index (χ3v) is 6.98. The molecular weight excluding hydrogens is 390 g/mol. The van der Waals surface area contributed by atoms with Crippen LogP contribution in [-0.2, 0) is 21.4 Å². The molecule has 6 rings (SSSR count). The summed E-state index contributed by atoms with van der Waals surface area (Å²) in [5.74, 6) is 0.0850. The molecule has 0 saturated carbocycles. The summed E-state index contributed by atoms with van der Waals surface area (Å²) >= 11 is 0. The Hall–Kier alpha value is -2.91. The fourth-order valence-electron chi connectivity index (χ4n) is 5.76. The molecule has 2 bridgehead atoms. The summed E-state index contributed by atoms with van der Waals surface area (Å²) in [6.45, 7) is 1.01. The normalized spacial score (nSPS) is 35.5. The zero-order chi connectivity index (χ0) is 21.2. The number of rotatable bonds is 0. The molecule has 1 spiro atoms. The van der Waals surface area contributed by atoms with Gasteiger partial charge in [-0.05, 0) is 38.1 Å². The first kappa shape index (κ1) is 19.1. The Kier molecular flexibility index (Phi) is 4.16. The van der Waals surface area contributed by atoms with E-state index in [1.54, 1.807) is 6.07 Å². The van der Waals surface area contributed by atoms with E-state index in [1.165, 1.54) is 11.1 Å². The second kappa shape index (κ2) is 6.55. The van der Waals surface area contributed by atoms with Gasteiger partial charge in [-0.3, -0.25) is 20.2 Å². The number of aliphatic hydroxyl groups excluding tert-OH is 1. The number of phenols is 1. The molecule has 158 valence electrons. The van der Waals surface area contributed by atoms with Crippen LogP contribution in [0.25, 0.3) is 0 Å². The summed E-state index contributed by atoms with van der Waals surface area (Å²) in [4.78, 5) is 33.2. The van der Waals surface area contributed by atoms with Gasteiger partial charge in [0.1, 0.15) is 18.6 Å². The van der Waals surface area contributed by atoms with E-state index in [9.17, 15) is 24.6 Å². The van der Waals surface area contributed by atoms with Crippen molar-refractivity contribution in [1.29, 1.82) is 0 Å². The van der Waals surface area contributed by atoms with Gasteiger partial charge in [-0.1, -0.05) is 18.2 Å². The minimum Gasteiger partial charge on any atom is -0.504 e. The van der Waals surface area contributed by atoms with Gasteiger partial charge in [0.05, 0.1) is 0 Å². The van der Waals surface area contributed by atoms with E-state index in [0.717, 1.165) is 19.4 Å². The molecule has 0 aromatic heterocycles. The van der Waals surface area contributed by atoms with Gasteiger partial charge in [0.25, 0.3) is 0 Å². The van der Waals surface area contributed by atoms with Crippen LogP contribution in [0.3, 0.4) is 0 Å². The molecule has 5 atom stereocenters. The second-order valence-corrected chi connectivity index (χ2v) is 8.53. The zero-order valence-corrected chi connectivity index (χ0v) is 16.4. The van der Waals surface area contributed by atoms with Crippen LogP contribution in [0.4, 0.5) is 4.79 Å². The Labute approximate surface area is 172 Å². The number of aliphatic hydroxyl groups is 1. The predicted octanol–water partition coefficient (Wildman–Crippen LogP) is -0.0594. The van der Waals surface area contributed by atoms with Crippen LogP contribution >= 0.6 is 0 Å². The number of nitrogens with zero attached hydrogens (tertiary/aromatic N) is 1. The summed E-state index contributed by atoms with van der Waals surface area (Å²) in [7, 11) is 2.19. The standard InChI is InChI=1S/C17H19NO3.C4H4N2O3/c1-18-7-6-17-10-3-5-13(20)16(17)21-15-12(19)4-2-9(14(15)17)8-11(10)18;7-2-1-3(8)6-4(9)5-2/h2-5,10-11,13,16,19-20H,6-8H2,1H3;1H2,(H2,5,6,7,8,9)/t10-,11+,13-,16-,17-;/m0./s1. The zero-order valence-electron chi connectivity index (χ0n) is 16.4. The molecule has 1 aromatic carbocycles. The number of aromatic hydroxyl groups is 1. The molecule has 2 fully saturated rings. The highest BCUT2D eigenvalue weighted by Crippen LogP contribution is 2.62. The van der Waals surface area contributed by atoms with E-state index in [2.05, 4.69) is 18.0 Å². The fraction of sp³-hybridized carbons (Fsp3) is 0.476. The Morgan fingerprint density at radius 1 is 1.17 bits per heavy atom. The number of nitrogens with one attached hydrogen (secondary N) is 2. The summed E-state index contributed by atoms with van der Waals surface area (Å²) in [6, 6.07) is 3.49. The van der Waals surface area contributed by atoms with Crippen LogP contribution in [0.15, 0.2) is 24.3 Å². The molecule has 2 aliphatic carbocycles. The molecule has 9 nitrogen and oxygen atoms in total. The number of hydrogen-bond donors (Lipinski definition) is 4. The van der Waals surface area contributed by atoms with Crippen LogP contribution in [-0.4, -0.2) is 64.8 Å². The third-order valence-electron chi connectivity index (χ3n) is 6.98. The molecule has 4 amide bonds. The number of barbiturate groups is 1. The van der Waals surface area contributed by atoms with E-state index in [4.69, 9.17) is 4.74 Å². The Morgan fingerprint density at radius 3 is 2.60 bits per heavy atom. The van der Waals surface area contributed by atoms with Crippen LogP contribution in [0.2, 0.25) is 0 Å². The van der Waals surface area contributed by atoms with Crippen molar-refractivity contribution in [2.75, 3.05) is 13.6 Å². The number of ether oxygens (including phenoxy) is 1. The van der Waals surface area contributed by atoms with Crippen LogP contribution in [0.5, 0.6) is 11.5 Å². The molecule has 3 heterocycles. The van der Waals surface area contributed by atoms with Gasteiger partial charge in [0.15, 0.2) is 11.5 Å². The van der Waals surface area contributed by atoms with Gasteiger partial charge in [0.2, 0.25) is 11.8 Å². The number of amides is 4. The van der Waals surface area contributed by atoms with Crippen LogP contribution in [0.1, 0.15) is 24.0 Å². The number of likely N-dealkylation sites (N-methyl/N-ethyl adjacent to an activating group) is 1. The van der Waals surface area contributed by atoms with E-state index in [0.29, 0.717) is 17.7 Å². The van der Waals surface area contributed by atoms with Gasteiger partial charge in [-0.15, -0.1) is 0 Å². The maximum atomic E-state index is 10.4. The summed E-state index contributed by atoms with van der Waals surface area (Å²) < 4.78 is 6.09. The summed E-state index contributed by atoms with van der Waals surface area (Å²) in [6.07, 6.45) is 4.92. The van der Waals surface area contributed by atoms with Crippen molar-refractivity contribution in [1.82, 2.24) is 15.5 Å². The maximum Gasteiger partial charge on any atom is 0.328 e. The van der Waals surface area contributed by atoms with E-state index < -0.39 is 23.9 Å². The van der Waals surface area contributed by atoms with Gasteiger partial charge in [-0.25, -0.2) is 4.79 Å². The Morgan fingerprint density at radius 2 is 1.90 bits per heavy atom. The molecule has 3 aliphatic heterocycles. The van der Waals surface area contributed by atoms with E-state index >= 15 is 0 Å². The lowest BCUT2D eigenvalue weighted by atomic mass is 9.53. The number of benzene rings is 1. The Bertz CT molecular complexity index is 946.